The van der Waals surface area contributed by atoms with E-state index in [4.69, 9.17) is 5.11 Å². The minimum Gasteiger partial charge on any atom is -0.480 e. The lowest BCUT2D eigenvalue weighted by Gasteiger charge is -2.24. The molecule has 0 bridgehead atoms. The van der Waals surface area contributed by atoms with Crippen LogP contribution in [0.3, 0.4) is 0 Å². The van der Waals surface area contributed by atoms with E-state index in [2.05, 4.69) is 10.6 Å². The van der Waals surface area contributed by atoms with Crippen molar-refractivity contribution < 1.29 is 14.7 Å². The fraction of sp³-hybridized carbons (Fsp3) is 0.846. The van der Waals surface area contributed by atoms with Gasteiger partial charge >= 0.3 is 5.97 Å². The number of carbonyl (C=O) groups excluding carboxylic acids is 1. The number of nitrogens with one attached hydrogen (secondary N) is 2. The monoisotopic (exact) mass is 256 g/mol. The minimum absolute atomic E-state index is 0.0454. The van der Waals surface area contributed by atoms with E-state index in [1.54, 1.807) is 0 Å². The molecule has 0 aliphatic carbocycles. The van der Waals surface area contributed by atoms with Crippen molar-refractivity contribution in [2.24, 2.45) is 11.8 Å². The molecule has 1 fully saturated rings. The lowest BCUT2D eigenvalue weighted by molar-refractivity contribution is -0.143. The first-order valence-electron chi connectivity index (χ1n) is 6.77. The Balaban J connectivity index is 2.42. The summed E-state index contributed by atoms with van der Waals surface area (Å²) in [4.78, 5) is 22.9. The predicted octanol–water partition coefficient (Wildman–Crippen LogP) is 0.992. The summed E-state index contributed by atoms with van der Waals surface area (Å²) >= 11 is 0. The fourth-order valence-electron chi connectivity index (χ4n) is 2.28. The number of piperidine rings is 1. The van der Waals surface area contributed by atoms with Gasteiger partial charge in [0, 0.05) is 6.42 Å². The lowest BCUT2D eigenvalue weighted by Crippen LogP contribution is -2.46. The van der Waals surface area contributed by atoms with Gasteiger partial charge in [0.2, 0.25) is 5.91 Å². The lowest BCUT2D eigenvalue weighted by atomic mass is 9.94. The maximum absolute atomic E-state index is 11.8. The molecule has 1 aliphatic rings. The van der Waals surface area contributed by atoms with Crippen LogP contribution in [0, 0.1) is 11.8 Å². The van der Waals surface area contributed by atoms with Crippen molar-refractivity contribution in [2.45, 2.75) is 45.6 Å². The van der Waals surface area contributed by atoms with Gasteiger partial charge in [-0.15, -0.1) is 0 Å². The summed E-state index contributed by atoms with van der Waals surface area (Å²) < 4.78 is 0. The van der Waals surface area contributed by atoms with Crippen LogP contribution in [-0.2, 0) is 9.59 Å². The number of carbonyl (C=O) groups is 2. The molecule has 0 saturated carbocycles. The number of hydrogen-bond donors (Lipinski definition) is 3. The third kappa shape index (κ3) is 4.64. The quantitative estimate of drug-likeness (QED) is 0.662. The molecule has 0 radical (unpaired) electrons. The second-order valence-corrected chi connectivity index (χ2v) is 5.19. The summed E-state index contributed by atoms with van der Waals surface area (Å²) in [5.74, 6) is -0.795. The zero-order chi connectivity index (χ0) is 13.5. The van der Waals surface area contributed by atoms with Crippen molar-refractivity contribution in [3.8, 4) is 0 Å². The van der Waals surface area contributed by atoms with Gasteiger partial charge in [-0.25, -0.2) is 4.79 Å². The molecule has 1 saturated heterocycles. The molecule has 104 valence electrons. The zero-order valence-electron chi connectivity index (χ0n) is 11.2. The number of aliphatic carboxylic acids is 1. The molecule has 3 N–H and O–H groups in total. The van der Waals surface area contributed by atoms with Crippen LogP contribution in [0.15, 0.2) is 0 Å². The van der Waals surface area contributed by atoms with Crippen LogP contribution in [0.2, 0.25) is 0 Å². The van der Waals surface area contributed by atoms with Gasteiger partial charge in [0.15, 0.2) is 0 Å². The van der Waals surface area contributed by atoms with Gasteiger partial charge in [0.1, 0.15) is 6.04 Å². The minimum atomic E-state index is -0.945. The molecule has 18 heavy (non-hydrogen) atoms. The molecule has 0 aromatic carbocycles. The van der Waals surface area contributed by atoms with Gasteiger partial charge in [-0.2, -0.15) is 0 Å². The fourth-order valence-corrected chi connectivity index (χ4v) is 2.28. The van der Waals surface area contributed by atoms with Crippen molar-refractivity contribution in [1.82, 2.24) is 10.6 Å². The molecule has 1 rings (SSSR count). The average molecular weight is 256 g/mol. The van der Waals surface area contributed by atoms with E-state index in [0.717, 1.165) is 32.4 Å². The molecule has 3 atom stereocenters. The Hall–Kier alpha value is -1.10. The molecule has 1 amide bonds. The standard InChI is InChI=1S/C13H24N2O3/c1-3-9(2)12(13(17)18)15-11(16)7-10-5-4-6-14-8-10/h9-10,12,14H,3-8H2,1-2H3,(H,15,16)(H,17,18). The van der Waals surface area contributed by atoms with Crippen LogP contribution < -0.4 is 10.6 Å². The van der Waals surface area contributed by atoms with Crippen LogP contribution in [0.5, 0.6) is 0 Å². The summed E-state index contributed by atoms with van der Waals surface area (Å²) in [6.45, 7) is 5.65. The molecule has 0 aromatic rings. The SMILES string of the molecule is CCC(C)C(NC(=O)CC1CCCNC1)C(=O)O. The first-order valence-corrected chi connectivity index (χ1v) is 6.77. The number of amides is 1. The van der Waals surface area contributed by atoms with E-state index in [0.29, 0.717) is 12.3 Å². The Morgan fingerprint density at radius 1 is 1.50 bits per heavy atom. The van der Waals surface area contributed by atoms with E-state index in [9.17, 15) is 9.59 Å². The second-order valence-electron chi connectivity index (χ2n) is 5.19. The topological polar surface area (TPSA) is 78.4 Å². The maximum Gasteiger partial charge on any atom is 0.326 e. The predicted molar refractivity (Wildman–Crippen MR) is 69.2 cm³/mol. The summed E-state index contributed by atoms with van der Waals surface area (Å²) in [5, 5.41) is 15.0. The molecule has 0 spiro atoms. The van der Waals surface area contributed by atoms with E-state index >= 15 is 0 Å². The molecule has 1 aliphatic heterocycles. The maximum atomic E-state index is 11.8. The third-order valence-electron chi connectivity index (χ3n) is 3.67. The van der Waals surface area contributed by atoms with E-state index in [1.165, 1.54) is 0 Å². The summed E-state index contributed by atoms with van der Waals surface area (Å²) in [6.07, 6.45) is 3.29. The third-order valence-corrected chi connectivity index (χ3v) is 3.67. The number of carboxylic acids is 1. The van der Waals surface area contributed by atoms with Gasteiger partial charge in [-0.05, 0) is 37.8 Å². The van der Waals surface area contributed by atoms with Gasteiger partial charge < -0.3 is 15.7 Å². The Bertz CT molecular complexity index is 288. The van der Waals surface area contributed by atoms with Crippen molar-refractivity contribution in [3.05, 3.63) is 0 Å². The Morgan fingerprint density at radius 2 is 2.22 bits per heavy atom. The van der Waals surface area contributed by atoms with Crippen LogP contribution in [0.25, 0.3) is 0 Å². The van der Waals surface area contributed by atoms with Gasteiger partial charge in [0.25, 0.3) is 0 Å². The van der Waals surface area contributed by atoms with Crippen molar-refractivity contribution >= 4 is 11.9 Å². The highest BCUT2D eigenvalue weighted by molar-refractivity contribution is 5.83. The van der Waals surface area contributed by atoms with Crippen LogP contribution >= 0.6 is 0 Å². The molecular weight excluding hydrogens is 232 g/mol. The largest absolute Gasteiger partial charge is 0.480 e. The summed E-state index contributed by atoms with van der Waals surface area (Å²) in [7, 11) is 0. The number of carboxylic acid groups (broad SMARTS) is 1. The Morgan fingerprint density at radius 3 is 2.72 bits per heavy atom. The summed E-state index contributed by atoms with van der Waals surface area (Å²) in [6, 6.07) is -0.765. The van der Waals surface area contributed by atoms with Crippen LogP contribution in [0.1, 0.15) is 39.5 Å². The second kappa shape index (κ2) is 7.36. The van der Waals surface area contributed by atoms with Crippen LogP contribution in [-0.4, -0.2) is 36.1 Å². The highest BCUT2D eigenvalue weighted by Gasteiger charge is 2.26. The average Bonchev–Trinajstić information content (AvgIpc) is 2.36. The Labute approximate surface area is 108 Å². The number of rotatable bonds is 6. The van der Waals surface area contributed by atoms with Gasteiger partial charge in [0.05, 0.1) is 0 Å². The van der Waals surface area contributed by atoms with Crippen molar-refractivity contribution in [1.29, 1.82) is 0 Å². The molecule has 3 unspecified atom stereocenters. The summed E-state index contributed by atoms with van der Waals surface area (Å²) in [5.41, 5.74) is 0. The van der Waals surface area contributed by atoms with E-state index in [-0.39, 0.29) is 11.8 Å². The van der Waals surface area contributed by atoms with Crippen LogP contribution in [0.4, 0.5) is 0 Å². The van der Waals surface area contributed by atoms with E-state index in [1.807, 2.05) is 13.8 Å². The van der Waals surface area contributed by atoms with Gasteiger partial charge in [-0.1, -0.05) is 20.3 Å². The Kier molecular flexibility index (Phi) is 6.12. The molecule has 1 heterocycles. The first-order chi connectivity index (χ1) is 8.54. The first kappa shape index (κ1) is 15.0. The van der Waals surface area contributed by atoms with Gasteiger partial charge in [-0.3, -0.25) is 4.79 Å². The highest BCUT2D eigenvalue weighted by Crippen LogP contribution is 2.15. The highest BCUT2D eigenvalue weighted by atomic mass is 16.4. The molecular formula is C13H24N2O3. The molecule has 5 nitrogen and oxygen atoms in total. The smallest absolute Gasteiger partial charge is 0.326 e. The number of hydrogen-bond acceptors (Lipinski definition) is 3. The van der Waals surface area contributed by atoms with Crippen molar-refractivity contribution in [2.75, 3.05) is 13.1 Å². The van der Waals surface area contributed by atoms with E-state index < -0.39 is 12.0 Å². The van der Waals surface area contributed by atoms with Crippen molar-refractivity contribution in [3.63, 3.8) is 0 Å². The molecule has 5 heteroatoms. The zero-order valence-corrected chi connectivity index (χ0v) is 11.2. The normalized spacial score (nSPS) is 23.1. The molecule has 0 aromatic heterocycles.